The first-order valence-corrected chi connectivity index (χ1v) is 10.5. The van der Waals surface area contributed by atoms with Crippen LogP contribution in [-0.4, -0.2) is 29.7 Å². The Balaban J connectivity index is 1.57. The molecule has 3 aromatic carbocycles. The van der Waals surface area contributed by atoms with Crippen LogP contribution in [0.15, 0.2) is 65.5 Å². The molecule has 0 aliphatic heterocycles. The van der Waals surface area contributed by atoms with E-state index in [1.54, 1.807) is 43.1 Å². The van der Waals surface area contributed by atoms with Crippen LogP contribution in [0.4, 0.5) is 5.69 Å². The standard InChI is InChI=1S/C26H25N3O4/c1-16-13-19(29-17(2)27-22-8-6-5-7-20(22)26(29)31)10-11-21(16)28-25(30)15-18-9-12-23(32-3)24(14-18)33-4/h5-14H,15H2,1-4H3,(H,28,30). The molecular formula is C26H25N3O4. The molecule has 0 aliphatic rings. The molecule has 1 heterocycles. The van der Waals surface area contributed by atoms with Gasteiger partial charge in [0.25, 0.3) is 5.56 Å². The summed E-state index contributed by atoms with van der Waals surface area (Å²) in [7, 11) is 3.13. The first-order chi connectivity index (χ1) is 15.9. The van der Waals surface area contributed by atoms with Crippen LogP contribution >= 0.6 is 0 Å². The molecule has 0 atom stereocenters. The molecule has 4 rings (SSSR count). The van der Waals surface area contributed by atoms with Gasteiger partial charge in [-0.05, 0) is 67.4 Å². The number of methoxy groups -OCH3 is 2. The molecule has 4 aromatic rings. The van der Waals surface area contributed by atoms with Gasteiger partial charge in [-0.15, -0.1) is 0 Å². The number of fused-ring (bicyclic) bond motifs is 1. The first-order valence-electron chi connectivity index (χ1n) is 10.5. The molecular weight excluding hydrogens is 418 g/mol. The van der Waals surface area contributed by atoms with E-state index in [0.717, 1.165) is 11.1 Å². The summed E-state index contributed by atoms with van der Waals surface area (Å²) < 4.78 is 12.1. The Hall–Kier alpha value is -4.13. The molecule has 0 unspecified atom stereocenters. The molecule has 1 amide bonds. The average molecular weight is 444 g/mol. The third-order valence-corrected chi connectivity index (χ3v) is 5.50. The van der Waals surface area contributed by atoms with Crippen LogP contribution in [0.2, 0.25) is 0 Å². The minimum absolute atomic E-state index is 0.122. The quantitative estimate of drug-likeness (QED) is 0.483. The van der Waals surface area contributed by atoms with Crippen molar-refractivity contribution in [2.24, 2.45) is 0 Å². The lowest BCUT2D eigenvalue weighted by Crippen LogP contribution is -2.22. The average Bonchev–Trinajstić information content (AvgIpc) is 2.80. The highest BCUT2D eigenvalue weighted by Crippen LogP contribution is 2.28. The molecule has 0 fully saturated rings. The van der Waals surface area contributed by atoms with Crippen molar-refractivity contribution in [1.29, 1.82) is 0 Å². The van der Waals surface area contributed by atoms with E-state index in [1.807, 2.05) is 50.2 Å². The van der Waals surface area contributed by atoms with Crippen LogP contribution in [-0.2, 0) is 11.2 Å². The fourth-order valence-corrected chi connectivity index (χ4v) is 3.85. The minimum Gasteiger partial charge on any atom is -0.493 e. The lowest BCUT2D eigenvalue weighted by Gasteiger charge is -2.14. The Labute approximate surface area is 191 Å². The number of ether oxygens (including phenoxy) is 2. The molecule has 7 nitrogen and oxygen atoms in total. The molecule has 0 bridgehead atoms. The van der Waals surface area contributed by atoms with E-state index in [-0.39, 0.29) is 17.9 Å². The molecule has 0 radical (unpaired) electrons. The number of hydrogen-bond acceptors (Lipinski definition) is 5. The van der Waals surface area contributed by atoms with Crippen LogP contribution < -0.4 is 20.3 Å². The third-order valence-electron chi connectivity index (χ3n) is 5.50. The number of carbonyl (C=O) groups excluding carboxylic acids is 1. The van der Waals surface area contributed by atoms with Crippen LogP contribution in [0.1, 0.15) is 17.0 Å². The van der Waals surface area contributed by atoms with Crippen molar-refractivity contribution in [1.82, 2.24) is 9.55 Å². The molecule has 0 spiro atoms. The number of nitrogens with zero attached hydrogens (tertiary/aromatic N) is 2. The maximum Gasteiger partial charge on any atom is 0.265 e. The maximum atomic E-state index is 13.1. The molecule has 33 heavy (non-hydrogen) atoms. The fraction of sp³-hybridized carbons (Fsp3) is 0.192. The van der Waals surface area contributed by atoms with Crippen molar-refractivity contribution >= 4 is 22.5 Å². The number of anilines is 1. The van der Waals surface area contributed by atoms with E-state index in [9.17, 15) is 9.59 Å². The number of nitrogens with one attached hydrogen (secondary N) is 1. The number of hydrogen-bond donors (Lipinski definition) is 1. The van der Waals surface area contributed by atoms with Gasteiger partial charge in [-0.3, -0.25) is 14.2 Å². The van der Waals surface area contributed by atoms with Crippen LogP contribution in [0.25, 0.3) is 16.6 Å². The summed E-state index contributed by atoms with van der Waals surface area (Å²) in [6.07, 6.45) is 0.189. The van der Waals surface area contributed by atoms with Gasteiger partial charge in [0.1, 0.15) is 5.82 Å². The van der Waals surface area contributed by atoms with Gasteiger partial charge in [0, 0.05) is 5.69 Å². The number of rotatable bonds is 6. The fourth-order valence-electron chi connectivity index (χ4n) is 3.85. The van der Waals surface area contributed by atoms with Gasteiger partial charge in [0.2, 0.25) is 5.91 Å². The summed E-state index contributed by atoms with van der Waals surface area (Å²) in [5, 5.41) is 3.51. The van der Waals surface area contributed by atoms with E-state index in [0.29, 0.717) is 39.6 Å². The minimum atomic E-state index is -0.154. The van der Waals surface area contributed by atoms with Gasteiger partial charge in [-0.2, -0.15) is 0 Å². The number of aryl methyl sites for hydroxylation is 2. The SMILES string of the molecule is COc1ccc(CC(=O)Nc2ccc(-n3c(C)nc4ccccc4c3=O)cc2C)cc1OC. The molecule has 7 heteroatoms. The summed E-state index contributed by atoms with van der Waals surface area (Å²) in [5.41, 5.74) is 3.58. The summed E-state index contributed by atoms with van der Waals surface area (Å²) in [6.45, 7) is 3.70. The van der Waals surface area contributed by atoms with Gasteiger partial charge < -0.3 is 14.8 Å². The molecule has 1 aromatic heterocycles. The third kappa shape index (κ3) is 4.43. The Kier molecular flexibility index (Phi) is 6.13. The number of para-hydroxylation sites is 1. The zero-order valence-electron chi connectivity index (χ0n) is 19.0. The normalized spacial score (nSPS) is 10.8. The maximum absolute atomic E-state index is 13.1. The van der Waals surface area contributed by atoms with Crippen molar-refractivity contribution < 1.29 is 14.3 Å². The Bertz CT molecular complexity index is 1410. The second-order valence-electron chi connectivity index (χ2n) is 7.73. The smallest absolute Gasteiger partial charge is 0.265 e. The molecule has 0 saturated carbocycles. The van der Waals surface area contributed by atoms with Gasteiger partial charge in [0.15, 0.2) is 11.5 Å². The summed E-state index contributed by atoms with van der Waals surface area (Å²) >= 11 is 0. The largest absolute Gasteiger partial charge is 0.493 e. The van der Waals surface area contributed by atoms with Crippen molar-refractivity contribution in [3.63, 3.8) is 0 Å². The zero-order valence-corrected chi connectivity index (χ0v) is 19.0. The van der Waals surface area contributed by atoms with E-state index in [2.05, 4.69) is 10.3 Å². The van der Waals surface area contributed by atoms with Crippen LogP contribution in [0.5, 0.6) is 11.5 Å². The zero-order chi connectivity index (χ0) is 23.5. The predicted molar refractivity (Wildman–Crippen MR) is 129 cm³/mol. The number of carbonyl (C=O) groups is 1. The van der Waals surface area contributed by atoms with Gasteiger partial charge >= 0.3 is 0 Å². The van der Waals surface area contributed by atoms with Crippen molar-refractivity contribution in [2.45, 2.75) is 20.3 Å². The highest BCUT2D eigenvalue weighted by atomic mass is 16.5. The van der Waals surface area contributed by atoms with Gasteiger partial charge in [-0.25, -0.2) is 4.98 Å². The van der Waals surface area contributed by atoms with Crippen molar-refractivity contribution in [3.05, 3.63) is 88.0 Å². The second kappa shape index (κ2) is 9.16. The van der Waals surface area contributed by atoms with E-state index in [1.165, 1.54) is 0 Å². The van der Waals surface area contributed by atoms with E-state index < -0.39 is 0 Å². The molecule has 0 aliphatic carbocycles. The number of aromatic nitrogens is 2. The summed E-state index contributed by atoms with van der Waals surface area (Å²) in [4.78, 5) is 30.3. The Morgan fingerprint density at radius 1 is 0.970 bits per heavy atom. The summed E-state index contributed by atoms with van der Waals surface area (Å²) in [6, 6.07) is 18.2. The highest BCUT2D eigenvalue weighted by Gasteiger charge is 2.13. The van der Waals surface area contributed by atoms with Crippen molar-refractivity contribution in [3.8, 4) is 17.2 Å². The monoisotopic (exact) mass is 443 g/mol. The topological polar surface area (TPSA) is 82.5 Å². The molecule has 1 N–H and O–H groups in total. The Morgan fingerprint density at radius 2 is 1.73 bits per heavy atom. The second-order valence-corrected chi connectivity index (χ2v) is 7.73. The van der Waals surface area contributed by atoms with Gasteiger partial charge in [0.05, 0.1) is 37.2 Å². The van der Waals surface area contributed by atoms with Crippen LogP contribution in [0.3, 0.4) is 0 Å². The van der Waals surface area contributed by atoms with E-state index in [4.69, 9.17) is 9.47 Å². The highest BCUT2D eigenvalue weighted by molar-refractivity contribution is 5.93. The Morgan fingerprint density at radius 3 is 2.45 bits per heavy atom. The predicted octanol–water partition coefficient (Wildman–Crippen LogP) is 4.20. The van der Waals surface area contributed by atoms with E-state index >= 15 is 0 Å². The molecule has 168 valence electrons. The van der Waals surface area contributed by atoms with Gasteiger partial charge in [-0.1, -0.05) is 18.2 Å². The van der Waals surface area contributed by atoms with Crippen molar-refractivity contribution in [2.75, 3.05) is 19.5 Å². The first kappa shape index (κ1) is 22.1. The van der Waals surface area contributed by atoms with Crippen LogP contribution in [0, 0.1) is 13.8 Å². The lowest BCUT2D eigenvalue weighted by atomic mass is 10.1. The number of benzene rings is 3. The molecule has 0 saturated heterocycles. The lowest BCUT2D eigenvalue weighted by molar-refractivity contribution is -0.115. The summed E-state index contributed by atoms with van der Waals surface area (Å²) in [5.74, 6) is 1.64. The number of amides is 1.